The minimum atomic E-state index is -0.285. The summed E-state index contributed by atoms with van der Waals surface area (Å²) in [6.07, 6.45) is 2.83. The maximum Gasteiger partial charge on any atom is 0.257 e. The molecule has 0 bridgehead atoms. The fraction of sp³-hybridized carbons (Fsp3) is 0.292. The number of carbonyl (C=O) groups excluding carboxylic acids is 1. The Hall–Kier alpha value is -3.37. The second-order valence-corrected chi connectivity index (χ2v) is 9.10. The average Bonchev–Trinajstić information content (AvgIpc) is 3.42. The molecule has 0 atom stereocenters. The van der Waals surface area contributed by atoms with Crippen LogP contribution in [0.5, 0.6) is 5.75 Å². The number of aryl methyl sites for hydroxylation is 2. The van der Waals surface area contributed by atoms with Gasteiger partial charge >= 0.3 is 0 Å². The molecule has 34 heavy (non-hydrogen) atoms. The number of hydrogen-bond donors (Lipinski definition) is 2. The second kappa shape index (κ2) is 10.7. The van der Waals surface area contributed by atoms with Gasteiger partial charge in [0.2, 0.25) is 4.96 Å². The zero-order chi connectivity index (χ0) is 24.1. The molecule has 1 amide bonds. The third-order valence-corrected chi connectivity index (χ3v) is 6.37. The van der Waals surface area contributed by atoms with Crippen molar-refractivity contribution >= 4 is 45.2 Å². The minimum absolute atomic E-state index is 0.222. The molecule has 2 aromatic heterocycles. The molecule has 4 rings (SSSR count). The quantitative estimate of drug-likeness (QED) is 0.262. The van der Waals surface area contributed by atoms with Gasteiger partial charge in [-0.15, -0.1) is 10.2 Å². The van der Waals surface area contributed by atoms with Crippen LogP contribution in [-0.2, 0) is 6.42 Å². The number of unbranched alkanes of at least 4 members (excludes halogenated alkanes) is 1. The van der Waals surface area contributed by atoms with Gasteiger partial charge in [-0.3, -0.25) is 10.1 Å². The first-order valence-corrected chi connectivity index (χ1v) is 12.4. The van der Waals surface area contributed by atoms with Crippen LogP contribution in [0.2, 0.25) is 0 Å². The van der Waals surface area contributed by atoms with E-state index in [1.807, 2.05) is 32.0 Å². The maximum atomic E-state index is 12.6. The molecule has 0 unspecified atom stereocenters. The van der Waals surface area contributed by atoms with Crippen LogP contribution in [0.3, 0.4) is 0 Å². The molecule has 0 saturated carbocycles. The zero-order valence-electron chi connectivity index (χ0n) is 19.3. The van der Waals surface area contributed by atoms with Crippen molar-refractivity contribution in [1.82, 2.24) is 25.1 Å². The van der Waals surface area contributed by atoms with E-state index in [-0.39, 0.29) is 11.0 Å². The van der Waals surface area contributed by atoms with Crippen LogP contribution < -0.4 is 15.4 Å². The molecule has 0 aliphatic heterocycles. The standard InChI is InChI=1S/C24H26N6O2S2/c1-4-6-13-32-18-11-9-16(10-12-18)21(31)26-23(33)25-19-14-17(8-7-15(19)3)22-29-30-20(5-2)27-28-24(30)34-22/h7-12,14H,4-6,13H2,1-3H3,(H2,25,26,31,33). The van der Waals surface area contributed by atoms with Gasteiger partial charge in [-0.1, -0.05) is 43.7 Å². The van der Waals surface area contributed by atoms with E-state index in [9.17, 15) is 4.79 Å². The Morgan fingerprint density at radius 1 is 1.15 bits per heavy atom. The molecule has 2 aromatic carbocycles. The molecule has 0 aliphatic rings. The molecule has 0 spiro atoms. The van der Waals surface area contributed by atoms with E-state index in [0.717, 1.165) is 57.6 Å². The summed E-state index contributed by atoms with van der Waals surface area (Å²) >= 11 is 6.87. The van der Waals surface area contributed by atoms with Gasteiger partial charge in [0.1, 0.15) is 10.8 Å². The van der Waals surface area contributed by atoms with Crippen molar-refractivity contribution in [3.8, 4) is 16.3 Å². The normalized spacial score (nSPS) is 10.9. The van der Waals surface area contributed by atoms with Crippen LogP contribution >= 0.6 is 23.6 Å². The third-order valence-electron chi connectivity index (χ3n) is 5.21. The van der Waals surface area contributed by atoms with E-state index in [1.54, 1.807) is 28.8 Å². The number of benzene rings is 2. The molecular weight excluding hydrogens is 468 g/mol. The predicted molar refractivity (Wildman–Crippen MR) is 139 cm³/mol. The Morgan fingerprint density at radius 3 is 2.68 bits per heavy atom. The summed E-state index contributed by atoms with van der Waals surface area (Å²) in [5, 5.41) is 19.9. The van der Waals surface area contributed by atoms with E-state index >= 15 is 0 Å². The molecular formula is C24H26N6O2S2. The van der Waals surface area contributed by atoms with Gasteiger partial charge in [0.05, 0.1) is 6.61 Å². The molecule has 0 fully saturated rings. The Kier molecular flexibility index (Phi) is 7.49. The first-order chi connectivity index (χ1) is 16.5. The van der Waals surface area contributed by atoms with Crippen LogP contribution in [0.25, 0.3) is 15.5 Å². The number of rotatable bonds is 8. The van der Waals surface area contributed by atoms with Crippen molar-refractivity contribution < 1.29 is 9.53 Å². The summed E-state index contributed by atoms with van der Waals surface area (Å²) < 4.78 is 7.42. The molecule has 0 saturated heterocycles. The van der Waals surface area contributed by atoms with Gasteiger partial charge in [-0.05, 0) is 61.5 Å². The van der Waals surface area contributed by atoms with Crippen molar-refractivity contribution in [2.45, 2.75) is 40.0 Å². The number of nitrogens with zero attached hydrogens (tertiary/aromatic N) is 4. The second-order valence-electron chi connectivity index (χ2n) is 7.74. The van der Waals surface area contributed by atoms with Crippen molar-refractivity contribution in [3.05, 3.63) is 59.4 Å². The van der Waals surface area contributed by atoms with Crippen molar-refractivity contribution in [1.29, 1.82) is 0 Å². The molecule has 10 heteroatoms. The number of anilines is 1. The SMILES string of the molecule is CCCCOc1ccc(C(=O)NC(=S)Nc2cc(-c3nn4c(CC)nnc4s3)ccc2C)cc1. The number of amides is 1. The minimum Gasteiger partial charge on any atom is -0.494 e. The summed E-state index contributed by atoms with van der Waals surface area (Å²) in [6, 6.07) is 13.0. The highest BCUT2D eigenvalue weighted by molar-refractivity contribution is 7.80. The van der Waals surface area contributed by atoms with Crippen LogP contribution in [0, 0.1) is 6.92 Å². The molecule has 8 nitrogen and oxygen atoms in total. The van der Waals surface area contributed by atoms with Gasteiger partial charge in [0.25, 0.3) is 5.91 Å². The smallest absolute Gasteiger partial charge is 0.257 e. The largest absolute Gasteiger partial charge is 0.494 e. The number of fused-ring (bicyclic) bond motifs is 1. The van der Waals surface area contributed by atoms with Crippen LogP contribution in [0.1, 0.15) is 48.4 Å². The van der Waals surface area contributed by atoms with Gasteiger partial charge in [-0.25, -0.2) is 0 Å². The van der Waals surface area contributed by atoms with Crippen molar-refractivity contribution in [2.75, 3.05) is 11.9 Å². The molecule has 176 valence electrons. The molecule has 0 aliphatic carbocycles. The summed E-state index contributed by atoms with van der Waals surface area (Å²) in [4.78, 5) is 13.4. The Bertz CT molecular complexity index is 1310. The molecule has 2 N–H and O–H groups in total. The van der Waals surface area contributed by atoms with E-state index in [2.05, 4.69) is 32.9 Å². The summed E-state index contributed by atoms with van der Waals surface area (Å²) in [7, 11) is 0. The molecule has 0 radical (unpaired) electrons. The van der Waals surface area contributed by atoms with E-state index < -0.39 is 0 Å². The fourth-order valence-electron chi connectivity index (χ4n) is 3.25. The topological polar surface area (TPSA) is 93.4 Å². The number of aromatic nitrogens is 4. The number of hydrogen-bond acceptors (Lipinski definition) is 7. The van der Waals surface area contributed by atoms with Gasteiger partial charge < -0.3 is 10.1 Å². The average molecular weight is 495 g/mol. The monoisotopic (exact) mass is 494 g/mol. The fourth-order valence-corrected chi connectivity index (χ4v) is 4.31. The summed E-state index contributed by atoms with van der Waals surface area (Å²) in [5.41, 5.74) is 3.22. The zero-order valence-corrected chi connectivity index (χ0v) is 20.9. The Labute approximate surface area is 207 Å². The number of carbonyl (C=O) groups is 1. The van der Waals surface area contributed by atoms with E-state index in [4.69, 9.17) is 17.0 Å². The predicted octanol–water partition coefficient (Wildman–Crippen LogP) is 5.03. The highest BCUT2D eigenvalue weighted by Gasteiger charge is 2.14. The van der Waals surface area contributed by atoms with Gasteiger partial charge in [0, 0.05) is 23.2 Å². The lowest BCUT2D eigenvalue weighted by atomic mass is 10.1. The van der Waals surface area contributed by atoms with E-state index in [1.165, 1.54) is 11.3 Å². The maximum absolute atomic E-state index is 12.6. The highest BCUT2D eigenvalue weighted by Crippen LogP contribution is 2.29. The van der Waals surface area contributed by atoms with Crippen LogP contribution in [-0.4, -0.2) is 37.4 Å². The first-order valence-electron chi connectivity index (χ1n) is 11.2. The van der Waals surface area contributed by atoms with Crippen molar-refractivity contribution in [3.63, 3.8) is 0 Å². The van der Waals surface area contributed by atoms with Gasteiger partial charge in [0.15, 0.2) is 10.9 Å². The molecule has 2 heterocycles. The first kappa shape index (κ1) is 23.8. The highest BCUT2D eigenvalue weighted by atomic mass is 32.1. The summed E-state index contributed by atoms with van der Waals surface area (Å²) in [6.45, 7) is 6.78. The number of nitrogens with one attached hydrogen (secondary N) is 2. The Morgan fingerprint density at radius 2 is 1.94 bits per heavy atom. The lowest BCUT2D eigenvalue weighted by Crippen LogP contribution is -2.34. The van der Waals surface area contributed by atoms with Crippen LogP contribution in [0.4, 0.5) is 5.69 Å². The van der Waals surface area contributed by atoms with Crippen molar-refractivity contribution in [2.24, 2.45) is 0 Å². The molecule has 4 aromatic rings. The lowest BCUT2D eigenvalue weighted by molar-refractivity contribution is 0.0977. The summed E-state index contributed by atoms with van der Waals surface area (Å²) in [5.74, 6) is 1.29. The van der Waals surface area contributed by atoms with E-state index in [0.29, 0.717) is 12.2 Å². The lowest BCUT2D eigenvalue weighted by Gasteiger charge is -2.13. The number of ether oxygens (including phenoxy) is 1. The number of thiocarbonyl (C=S) groups is 1. The van der Waals surface area contributed by atoms with Gasteiger partial charge in [-0.2, -0.15) is 9.61 Å². The third kappa shape index (κ3) is 5.40. The van der Waals surface area contributed by atoms with Crippen LogP contribution in [0.15, 0.2) is 42.5 Å². The Balaban J connectivity index is 1.42.